The number of hydrogen-bond acceptors (Lipinski definition) is 5. The van der Waals surface area contributed by atoms with Crippen molar-refractivity contribution in [1.29, 1.82) is 0 Å². The third-order valence-corrected chi connectivity index (χ3v) is 4.77. The van der Waals surface area contributed by atoms with Crippen molar-refractivity contribution in [3.8, 4) is 11.5 Å². The van der Waals surface area contributed by atoms with Gasteiger partial charge >= 0.3 is 12.0 Å². The van der Waals surface area contributed by atoms with Crippen LogP contribution in [0.1, 0.15) is 35.7 Å². The predicted octanol–water partition coefficient (Wildman–Crippen LogP) is 5.10. The molecular weight excluding hydrogens is 422 g/mol. The van der Waals surface area contributed by atoms with Crippen LogP contribution in [0.3, 0.4) is 0 Å². The first-order valence-corrected chi connectivity index (χ1v) is 9.88. The smallest absolute Gasteiger partial charge is 0.339 e. The number of ether oxygens (including phenoxy) is 2. The second kappa shape index (κ2) is 9.53. The molecule has 0 aliphatic heterocycles. The number of rotatable bonds is 8. The molecule has 0 atom stereocenters. The highest BCUT2D eigenvalue weighted by molar-refractivity contribution is 6.33. The first-order valence-electron chi connectivity index (χ1n) is 9.50. The van der Waals surface area contributed by atoms with Crippen molar-refractivity contribution in [2.45, 2.75) is 25.8 Å². The van der Waals surface area contributed by atoms with E-state index < -0.39 is 5.97 Å². The lowest BCUT2D eigenvalue weighted by molar-refractivity contribution is 0.0693. The third-order valence-electron chi connectivity index (χ3n) is 4.46. The summed E-state index contributed by atoms with van der Waals surface area (Å²) < 4.78 is 10.9. The van der Waals surface area contributed by atoms with Crippen molar-refractivity contribution in [2.24, 2.45) is 4.99 Å². The van der Waals surface area contributed by atoms with E-state index in [9.17, 15) is 14.7 Å². The van der Waals surface area contributed by atoms with Crippen molar-refractivity contribution in [2.75, 3.05) is 12.4 Å². The molecule has 31 heavy (non-hydrogen) atoms. The molecule has 2 amide bonds. The number of halogens is 1. The zero-order valence-electron chi connectivity index (χ0n) is 17.1. The van der Waals surface area contributed by atoms with Crippen LogP contribution in [0.2, 0.25) is 5.02 Å². The highest BCUT2D eigenvalue weighted by Crippen LogP contribution is 2.35. The Morgan fingerprint density at radius 1 is 1.26 bits per heavy atom. The molecule has 0 heterocycles. The lowest BCUT2D eigenvalue weighted by Crippen LogP contribution is -2.30. The minimum Gasteiger partial charge on any atom is -0.496 e. The monoisotopic (exact) mass is 443 g/mol. The number of hydrogen-bond donors (Lipinski definition) is 3. The minimum atomic E-state index is -1.15. The molecule has 8 nitrogen and oxygen atoms in total. The molecule has 0 aromatic heterocycles. The molecule has 9 heteroatoms. The van der Waals surface area contributed by atoms with Gasteiger partial charge in [0.15, 0.2) is 0 Å². The van der Waals surface area contributed by atoms with Crippen LogP contribution < -0.4 is 20.1 Å². The van der Waals surface area contributed by atoms with Gasteiger partial charge in [0.05, 0.1) is 23.5 Å². The first-order chi connectivity index (χ1) is 14.8. The van der Waals surface area contributed by atoms with Gasteiger partial charge in [0.25, 0.3) is 0 Å². The molecule has 0 spiro atoms. The number of anilines is 1. The number of methoxy groups -OCH3 is 1. The largest absolute Gasteiger partial charge is 0.496 e. The normalized spacial score (nSPS) is 13.0. The lowest BCUT2D eigenvalue weighted by Gasteiger charge is -2.15. The van der Waals surface area contributed by atoms with E-state index >= 15 is 0 Å². The summed E-state index contributed by atoms with van der Waals surface area (Å²) in [6.07, 6.45) is 3.53. The molecule has 0 bridgehead atoms. The molecule has 1 aliphatic carbocycles. The first kappa shape index (κ1) is 22.2. The Kier molecular flexibility index (Phi) is 6.81. The Morgan fingerprint density at radius 2 is 2.00 bits per heavy atom. The van der Waals surface area contributed by atoms with Crippen molar-refractivity contribution < 1.29 is 24.2 Å². The molecule has 0 radical (unpaired) electrons. The van der Waals surface area contributed by atoms with Crippen molar-refractivity contribution >= 4 is 46.9 Å². The zero-order valence-corrected chi connectivity index (χ0v) is 17.8. The molecule has 1 saturated carbocycles. The molecule has 0 unspecified atom stereocenters. The van der Waals surface area contributed by atoms with E-state index in [1.54, 1.807) is 25.3 Å². The number of benzene rings is 2. The van der Waals surface area contributed by atoms with E-state index in [-0.39, 0.29) is 34.2 Å². The highest BCUT2D eigenvalue weighted by Gasteiger charge is 2.23. The molecule has 3 N–H and O–H groups in total. The summed E-state index contributed by atoms with van der Waals surface area (Å²) in [4.78, 5) is 27.7. The van der Waals surface area contributed by atoms with Gasteiger partial charge in [0, 0.05) is 30.0 Å². The molecule has 0 saturated heterocycles. The lowest BCUT2D eigenvalue weighted by atomic mass is 10.1. The number of carboxylic acid groups (broad SMARTS) is 1. The number of carbonyl (C=O) groups is 2. The maximum Gasteiger partial charge on any atom is 0.339 e. The van der Waals surface area contributed by atoms with Crippen LogP contribution in [0.5, 0.6) is 11.5 Å². The summed E-state index contributed by atoms with van der Waals surface area (Å²) in [5.41, 5.74) is 1.22. The van der Waals surface area contributed by atoms with E-state index in [0.717, 1.165) is 12.8 Å². The number of urea groups is 1. The van der Waals surface area contributed by atoms with E-state index in [2.05, 4.69) is 22.2 Å². The Morgan fingerprint density at radius 3 is 2.58 bits per heavy atom. The summed E-state index contributed by atoms with van der Waals surface area (Å²) in [5, 5.41) is 15.3. The zero-order chi connectivity index (χ0) is 22.5. The van der Waals surface area contributed by atoms with E-state index in [0.29, 0.717) is 22.7 Å². The summed E-state index contributed by atoms with van der Waals surface area (Å²) >= 11 is 6.27. The molecule has 3 rings (SSSR count). The van der Waals surface area contributed by atoms with Crippen molar-refractivity contribution in [3.63, 3.8) is 0 Å². The summed E-state index contributed by atoms with van der Waals surface area (Å²) in [7, 11) is 1.38. The number of carbonyl (C=O) groups excluding carboxylic acids is 1. The summed E-state index contributed by atoms with van der Waals surface area (Å²) in [5.74, 6) is -0.440. The summed E-state index contributed by atoms with van der Waals surface area (Å²) in [6.45, 7) is 5.64. The molecule has 1 aliphatic rings. The fraction of sp³-hybridized carbons (Fsp3) is 0.227. The van der Waals surface area contributed by atoms with Gasteiger partial charge in [0.1, 0.15) is 22.8 Å². The van der Waals surface area contributed by atoms with Crippen molar-refractivity contribution in [1.82, 2.24) is 5.32 Å². The van der Waals surface area contributed by atoms with Gasteiger partial charge in [-0.2, -0.15) is 0 Å². The van der Waals surface area contributed by atoms with Crippen LogP contribution in [-0.4, -0.2) is 36.5 Å². The van der Waals surface area contributed by atoms with Gasteiger partial charge in [-0.15, -0.1) is 0 Å². The molecular formula is C22H22ClN3O5. The summed E-state index contributed by atoms with van der Waals surface area (Å²) in [6, 6.07) is 7.57. The Bertz CT molecular complexity index is 1060. The number of carboxylic acids is 1. The van der Waals surface area contributed by atoms with Gasteiger partial charge in [-0.05, 0) is 38.0 Å². The van der Waals surface area contributed by atoms with E-state index in [1.165, 1.54) is 25.3 Å². The van der Waals surface area contributed by atoms with Crippen LogP contribution in [-0.2, 0) is 0 Å². The number of nitrogens with one attached hydrogen (secondary N) is 2. The SMILES string of the molecule is C=C(Oc1ccc(NC(=O)NC2CC2)c(Cl)c1)c1cc(C(=O)O)c(OC)cc1N=CC. The maximum absolute atomic E-state index is 11.9. The standard InChI is InChI=1S/C22H22ClN3O5/c1-4-24-19-11-20(30-3)16(21(27)28)10-15(19)12(2)31-14-7-8-18(17(23)9-14)26-22(29)25-13-5-6-13/h4,7-11,13H,2,5-6H2,1,3H3,(H,27,28)(H2,25,26,29). The number of aromatic carboxylic acids is 1. The number of nitrogens with zero attached hydrogens (tertiary/aromatic N) is 1. The highest BCUT2D eigenvalue weighted by atomic mass is 35.5. The van der Waals surface area contributed by atoms with E-state index in [4.69, 9.17) is 21.1 Å². The average molecular weight is 444 g/mol. The molecule has 162 valence electrons. The van der Waals surface area contributed by atoms with Gasteiger partial charge in [-0.25, -0.2) is 9.59 Å². The number of amides is 2. The van der Waals surface area contributed by atoms with Gasteiger partial charge < -0.3 is 25.2 Å². The Labute approximate surface area is 184 Å². The molecule has 1 fully saturated rings. The molecule has 2 aromatic carbocycles. The van der Waals surface area contributed by atoms with Crippen LogP contribution in [0.25, 0.3) is 5.76 Å². The predicted molar refractivity (Wildman–Crippen MR) is 120 cm³/mol. The average Bonchev–Trinajstić information content (AvgIpc) is 3.53. The quantitative estimate of drug-likeness (QED) is 0.388. The van der Waals surface area contributed by atoms with Gasteiger partial charge in [0.2, 0.25) is 0 Å². The van der Waals surface area contributed by atoms with Crippen LogP contribution >= 0.6 is 11.6 Å². The van der Waals surface area contributed by atoms with Crippen LogP contribution in [0, 0.1) is 0 Å². The third kappa shape index (κ3) is 5.55. The molecule has 2 aromatic rings. The fourth-order valence-electron chi connectivity index (χ4n) is 2.80. The minimum absolute atomic E-state index is 0.0449. The number of aliphatic imine (C=N–C) groups is 1. The second-order valence-corrected chi connectivity index (χ2v) is 7.21. The fourth-order valence-corrected chi connectivity index (χ4v) is 3.02. The Hall–Kier alpha value is -3.52. The Balaban J connectivity index is 1.81. The topological polar surface area (TPSA) is 109 Å². The van der Waals surface area contributed by atoms with Crippen LogP contribution in [0.15, 0.2) is 41.9 Å². The van der Waals surface area contributed by atoms with Gasteiger partial charge in [-0.1, -0.05) is 18.2 Å². The van der Waals surface area contributed by atoms with E-state index in [1.807, 2.05) is 0 Å². The van der Waals surface area contributed by atoms with Gasteiger partial charge in [-0.3, -0.25) is 4.99 Å². The van der Waals surface area contributed by atoms with Crippen LogP contribution in [0.4, 0.5) is 16.2 Å². The maximum atomic E-state index is 11.9. The van der Waals surface area contributed by atoms with Crippen molar-refractivity contribution in [3.05, 3.63) is 53.1 Å². The second-order valence-electron chi connectivity index (χ2n) is 6.80.